The Morgan fingerprint density at radius 2 is 1.72 bits per heavy atom. The van der Waals surface area contributed by atoms with Gasteiger partial charge >= 0.3 is 6.03 Å². The Kier molecular flexibility index (Phi) is 5.06. The van der Waals surface area contributed by atoms with Crippen LogP contribution in [0.1, 0.15) is 16.8 Å². The molecule has 4 amide bonds. The summed E-state index contributed by atoms with van der Waals surface area (Å²) < 4.78 is 0. The van der Waals surface area contributed by atoms with Gasteiger partial charge in [0, 0.05) is 50.5 Å². The fourth-order valence-electron chi connectivity index (χ4n) is 3.14. The normalized spacial score (nSPS) is 18.1. The number of carbonyl (C=O) groups excluding carboxylic acids is 3. The molecule has 25 heavy (non-hydrogen) atoms. The molecule has 0 atom stereocenters. The molecule has 134 valence electrons. The summed E-state index contributed by atoms with van der Waals surface area (Å²) in [6.07, 6.45) is 0.869. The van der Waals surface area contributed by atoms with Gasteiger partial charge in [0.1, 0.15) is 6.54 Å². The summed E-state index contributed by atoms with van der Waals surface area (Å²) in [4.78, 5) is 40.8. The molecule has 0 aliphatic carbocycles. The number of piperazine rings is 1. The Labute approximate surface area is 146 Å². The fourth-order valence-corrected chi connectivity index (χ4v) is 3.14. The van der Waals surface area contributed by atoms with E-state index in [1.807, 2.05) is 12.1 Å². The van der Waals surface area contributed by atoms with Crippen LogP contribution < -0.4 is 16.0 Å². The van der Waals surface area contributed by atoms with Crippen molar-refractivity contribution in [2.45, 2.75) is 6.42 Å². The van der Waals surface area contributed by atoms with E-state index in [4.69, 9.17) is 5.73 Å². The smallest absolute Gasteiger partial charge is 0.317 e. The minimum absolute atomic E-state index is 0.0132. The molecular weight excluding hydrogens is 322 g/mol. The maximum absolute atomic E-state index is 12.4. The number of amides is 4. The summed E-state index contributed by atoms with van der Waals surface area (Å²) in [5.41, 5.74) is 6.74. The number of hydrogen-bond donors (Lipinski definition) is 2. The molecular formula is C17H23N5O3. The van der Waals surface area contributed by atoms with Crippen LogP contribution in [0.15, 0.2) is 24.3 Å². The first kappa shape index (κ1) is 17.1. The van der Waals surface area contributed by atoms with E-state index in [-0.39, 0.29) is 18.5 Å². The Hall–Kier alpha value is -2.77. The van der Waals surface area contributed by atoms with Crippen LogP contribution in [-0.2, 0) is 4.79 Å². The number of nitrogens with one attached hydrogen (secondary N) is 1. The van der Waals surface area contributed by atoms with Gasteiger partial charge in [-0.1, -0.05) is 0 Å². The van der Waals surface area contributed by atoms with Gasteiger partial charge in [-0.2, -0.15) is 0 Å². The summed E-state index contributed by atoms with van der Waals surface area (Å²) in [6, 6.07) is 7.01. The summed E-state index contributed by atoms with van der Waals surface area (Å²) in [5, 5.41) is 2.76. The third-order valence-corrected chi connectivity index (χ3v) is 4.64. The van der Waals surface area contributed by atoms with Crippen LogP contribution in [0.4, 0.5) is 10.5 Å². The Morgan fingerprint density at radius 3 is 2.32 bits per heavy atom. The van der Waals surface area contributed by atoms with Crippen molar-refractivity contribution >= 4 is 23.5 Å². The van der Waals surface area contributed by atoms with Gasteiger partial charge in [0.2, 0.25) is 11.8 Å². The maximum Gasteiger partial charge on any atom is 0.317 e. The fraction of sp³-hybridized carbons (Fsp3) is 0.471. The number of rotatable bonds is 4. The molecule has 0 unspecified atom stereocenters. The number of hydrogen-bond acceptors (Lipinski definition) is 4. The Morgan fingerprint density at radius 1 is 1.04 bits per heavy atom. The van der Waals surface area contributed by atoms with Crippen molar-refractivity contribution in [3.05, 3.63) is 29.8 Å². The number of nitrogens with two attached hydrogens (primary N) is 1. The van der Waals surface area contributed by atoms with Crippen molar-refractivity contribution in [1.82, 2.24) is 15.1 Å². The number of urea groups is 1. The van der Waals surface area contributed by atoms with Crippen LogP contribution in [-0.4, -0.2) is 73.5 Å². The summed E-state index contributed by atoms with van der Waals surface area (Å²) >= 11 is 0. The quantitative estimate of drug-likeness (QED) is 0.793. The van der Waals surface area contributed by atoms with Crippen LogP contribution >= 0.6 is 0 Å². The van der Waals surface area contributed by atoms with E-state index >= 15 is 0 Å². The number of primary amides is 1. The second-order valence-electron chi connectivity index (χ2n) is 6.29. The number of anilines is 1. The van der Waals surface area contributed by atoms with E-state index in [0.29, 0.717) is 44.8 Å². The molecule has 0 radical (unpaired) electrons. The van der Waals surface area contributed by atoms with Crippen molar-refractivity contribution in [3.8, 4) is 0 Å². The van der Waals surface area contributed by atoms with Crippen molar-refractivity contribution in [2.24, 2.45) is 5.73 Å². The van der Waals surface area contributed by atoms with Crippen molar-refractivity contribution in [1.29, 1.82) is 0 Å². The van der Waals surface area contributed by atoms with E-state index < -0.39 is 5.91 Å². The lowest BCUT2D eigenvalue weighted by Crippen LogP contribution is -2.54. The highest BCUT2D eigenvalue weighted by molar-refractivity contribution is 5.93. The Bertz CT molecular complexity index is 653. The van der Waals surface area contributed by atoms with Crippen molar-refractivity contribution in [2.75, 3.05) is 50.7 Å². The molecule has 3 N–H and O–H groups in total. The zero-order valence-corrected chi connectivity index (χ0v) is 14.1. The zero-order chi connectivity index (χ0) is 17.8. The number of carbonyl (C=O) groups is 3. The molecule has 2 saturated heterocycles. The maximum atomic E-state index is 12.4. The average Bonchev–Trinajstić information content (AvgIpc) is 2.64. The Balaban J connectivity index is 1.51. The van der Waals surface area contributed by atoms with Crippen molar-refractivity contribution < 1.29 is 14.4 Å². The highest BCUT2D eigenvalue weighted by Gasteiger charge is 2.26. The van der Waals surface area contributed by atoms with Crippen LogP contribution in [0.2, 0.25) is 0 Å². The molecule has 0 spiro atoms. The van der Waals surface area contributed by atoms with Gasteiger partial charge < -0.3 is 25.8 Å². The van der Waals surface area contributed by atoms with Crippen molar-refractivity contribution in [3.63, 3.8) is 0 Å². The third-order valence-electron chi connectivity index (χ3n) is 4.64. The predicted octanol–water partition coefficient (Wildman–Crippen LogP) is -0.151. The molecule has 2 aliphatic heterocycles. The van der Waals surface area contributed by atoms with Gasteiger partial charge in [-0.25, -0.2) is 4.79 Å². The molecule has 1 aromatic rings. The molecule has 2 aliphatic rings. The monoisotopic (exact) mass is 345 g/mol. The molecule has 3 rings (SSSR count). The van der Waals surface area contributed by atoms with Gasteiger partial charge in [-0.3, -0.25) is 9.59 Å². The lowest BCUT2D eigenvalue weighted by atomic mass is 10.1. The highest BCUT2D eigenvalue weighted by Crippen LogP contribution is 2.17. The van der Waals surface area contributed by atoms with E-state index in [1.165, 1.54) is 0 Å². The van der Waals surface area contributed by atoms with Crippen LogP contribution in [0, 0.1) is 0 Å². The largest absolute Gasteiger partial charge is 0.368 e. The molecule has 1 aromatic carbocycles. The molecule has 0 bridgehead atoms. The lowest BCUT2D eigenvalue weighted by Gasteiger charge is -2.37. The molecule has 8 heteroatoms. The van der Waals surface area contributed by atoms with E-state index in [0.717, 1.165) is 12.1 Å². The van der Waals surface area contributed by atoms with Gasteiger partial charge in [-0.15, -0.1) is 0 Å². The summed E-state index contributed by atoms with van der Waals surface area (Å²) in [7, 11) is 0. The van der Waals surface area contributed by atoms with Crippen LogP contribution in [0.25, 0.3) is 0 Å². The predicted molar refractivity (Wildman–Crippen MR) is 93.3 cm³/mol. The van der Waals surface area contributed by atoms with Crippen LogP contribution in [0.3, 0.4) is 0 Å². The van der Waals surface area contributed by atoms with Crippen LogP contribution in [0.5, 0.6) is 0 Å². The van der Waals surface area contributed by atoms with E-state index in [9.17, 15) is 14.4 Å². The van der Waals surface area contributed by atoms with E-state index in [1.54, 1.807) is 21.9 Å². The topological polar surface area (TPSA) is 99.0 Å². The molecule has 0 aromatic heterocycles. The van der Waals surface area contributed by atoms with Gasteiger partial charge in [0.05, 0.1) is 0 Å². The first-order valence-corrected chi connectivity index (χ1v) is 8.50. The molecule has 8 nitrogen and oxygen atoms in total. The van der Waals surface area contributed by atoms with E-state index in [2.05, 4.69) is 10.2 Å². The highest BCUT2D eigenvalue weighted by atomic mass is 16.2. The standard InChI is InChI=1S/C17H23N5O3/c18-16(24)13-2-4-14(5-3-13)20-8-10-21(11-9-20)15(23)12-22-7-1-6-19-17(22)25/h2-5H,1,6-12H2,(H2,18,24)(H,19,25). The molecule has 0 saturated carbocycles. The minimum Gasteiger partial charge on any atom is -0.368 e. The van der Waals surface area contributed by atoms with Gasteiger partial charge in [0.15, 0.2) is 0 Å². The lowest BCUT2D eigenvalue weighted by molar-refractivity contribution is -0.132. The first-order chi connectivity index (χ1) is 12.0. The summed E-state index contributed by atoms with van der Waals surface area (Å²) in [5.74, 6) is -0.454. The molecule has 2 heterocycles. The SMILES string of the molecule is NC(=O)c1ccc(N2CCN(C(=O)CN3CCCNC3=O)CC2)cc1. The van der Waals surface area contributed by atoms with Gasteiger partial charge in [0.25, 0.3) is 0 Å². The molecule has 2 fully saturated rings. The third kappa shape index (κ3) is 4.01. The second kappa shape index (κ2) is 7.42. The first-order valence-electron chi connectivity index (χ1n) is 8.50. The second-order valence-corrected chi connectivity index (χ2v) is 6.29. The average molecular weight is 345 g/mol. The number of benzene rings is 1. The zero-order valence-electron chi connectivity index (χ0n) is 14.1. The number of nitrogens with zero attached hydrogens (tertiary/aromatic N) is 3. The minimum atomic E-state index is -0.441. The van der Waals surface area contributed by atoms with Gasteiger partial charge in [-0.05, 0) is 30.7 Å². The summed E-state index contributed by atoms with van der Waals surface area (Å²) in [6.45, 7) is 4.11.